The Bertz CT molecular complexity index is 619. The molecule has 2 fully saturated rings. The van der Waals surface area contributed by atoms with Gasteiger partial charge in [-0.1, -0.05) is 0 Å². The molecule has 1 N–H and O–H groups in total. The maximum Gasteiger partial charge on any atom is 0.253 e. The molecule has 1 aromatic rings. The fourth-order valence-corrected chi connectivity index (χ4v) is 3.04. The highest BCUT2D eigenvalue weighted by atomic mass is 16.5. The van der Waals surface area contributed by atoms with E-state index in [0.717, 1.165) is 25.7 Å². The van der Waals surface area contributed by atoms with Crippen LogP contribution in [0.4, 0.5) is 0 Å². The van der Waals surface area contributed by atoms with Gasteiger partial charge in [-0.05, 0) is 43.9 Å². The van der Waals surface area contributed by atoms with Gasteiger partial charge in [-0.3, -0.25) is 9.59 Å². The van der Waals surface area contributed by atoms with E-state index < -0.39 is 0 Å². The van der Waals surface area contributed by atoms with Crippen LogP contribution < -0.4 is 14.8 Å². The molecular formula is C18H24N2O4. The van der Waals surface area contributed by atoms with E-state index in [1.807, 2.05) is 4.90 Å². The minimum atomic E-state index is -0.0306. The van der Waals surface area contributed by atoms with E-state index in [4.69, 9.17) is 9.47 Å². The third-order valence-corrected chi connectivity index (χ3v) is 4.71. The van der Waals surface area contributed by atoms with Crippen molar-refractivity contribution >= 4 is 11.8 Å². The normalized spacial score (nSPS) is 18.2. The Morgan fingerprint density at radius 1 is 1.04 bits per heavy atom. The minimum Gasteiger partial charge on any atom is -0.493 e. The Labute approximate surface area is 142 Å². The molecule has 6 nitrogen and oxygen atoms in total. The fraction of sp³-hybridized carbons (Fsp3) is 0.556. The van der Waals surface area contributed by atoms with Crippen LogP contribution in [-0.2, 0) is 4.79 Å². The van der Waals surface area contributed by atoms with Crippen molar-refractivity contribution in [3.05, 3.63) is 23.8 Å². The van der Waals surface area contributed by atoms with Gasteiger partial charge < -0.3 is 19.7 Å². The molecule has 1 saturated carbocycles. The van der Waals surface area contributed by atoms with Gasteiger partial charge in [0.05, 0.1) is 14.2 Å². The number of hydrogen-bond donors (Lipinski definition) is 1. The van der Waals surface area contributed by atoms with Crippen molar-refractivity contribution in [2.24, 2.45) is 5.92 Å². The smallest absolute Gasteiger partial charge is 0.253 e. The van der Waals surface area contributed by atoms with Crippen molar-refractivity contribution < 1.29 is 19.1 Å². The van der Waals surface area contributed by atoms with E-state index in [0.29, 0.717) is 36.2 Å². The Morgan fingerprint density at radius 3 is 2.29 bits per heavy atom. The van der Waals surface area contributed by atoms with Gasteiger partial charge in [-0.15, -0.1) is 0 Å². The number of hydrogen-bond acceptors (Lipinski definition) is 4. The van der Waals surface area contributed by atoms with Crippen molar-refractivity contribution in [3.8, 4) is 11.5 Å². The summed E-state index contributed by atoms with van der Waals surface area (Å²) in [5.74, 6) is 1.29. The highest BCUT2D eigenvalue weighted by Gasteiger charge is 2.31. The summed E-state index contributed by atoms with van der Waals surface area (Å²) in [6.45, 7) is 1.21. The van der Waals surface area contributed by atoms with Crippen molar-refractivity contribution in [1.29, 1.82) is 0 Å². The number of piperidine rings is 1. The third kappa shape index (κ3) is 3.63. The molecule has 1 saturated heterocycles. The van der Waals surface area contributed by atoms with E-state index in [1.165, 1.54) is 0 Å². The summed E-state index contributed by atoms with van der Waals surface area (Å²) >= 11 is 0. The largest absolute Gasteiger partial charge is 0.493 e. The summed E-state index contributed by atoms with van der Waals surface area (Å²) < 4.78 is 10.5. The summed E-state index contributed by atoms with van der Waals surface area (Å²) in [5.41, 5.74) is 0.577. The molecule has 2 aliphatic rings. The van der Waals surface area contributed by atoms with Crippen LogP contribution >= 0.6 is 0 Å². The van der Waals surface area contributed by atoms with E-state index in [2.05, 4.69) is 5.32 Å². The van der Waals surface area contributed by atoms with Gasteiger partial charge >= 0.3 is 0 Å². The number of rotatable bonds is 5. The van der Waals surface area contributed by atoms with Gasteiger partial charge in [-0.25, -0.2) is 0 Å². The second-order valence-electron chi connectivity index (χ2n) is 6.42. The molecule has 130 valence electrons. The zero-order valence-electron chi connectivity index (χ0n) is 14.2. The predicted octanol–water partition coefficient (Wildman–Crippen LogP) is 1.83. The maximum atomic E-state index is 12.7. The zero-order valence-corrected chi connectivity index (χ0v) is 14.2. The number of methoxy groups -OCH3 is 2. The number of benzene rings is 1. The van der Waals surface area contributed by atoms with E-state index in [-0.39, 0.29) is 17.7 Å². The zero-order chi connectivity index (χ0) is 17.1. The van der Waals surface area contributed by atoms with Crippen LogP contribution in [0.25, 0.3) is 0 Å². The van der Waals surface area contributed by atoms with Crippen LogP contribution in [0.1, 0.15) is 36.0 Å². The molecule has 1 heterocycles. The monoisotopic (exact) mass is 332 g/mol. The average molecular weight is 332 g/mol. The first kappa shape index (κ1) is 16.6. The second-order valence-corrected chi connectivity index (χ2v) is 6.42. The number of nitrogens with one attached hydrogen (secondary N) is 1. The van der Waals surface area contributed by atoms with Crippen LogP contribution in [0.5, 0.6) is 11.5 Å². The summed E-state index contributed by atoms with van der Waals surface area (Å²) in [6.07, 6.45) is 3.64. The van der Waals surface area contributed by atoms with Gasteiger partial charge in [0, 0.05) is 30.6 Å². The van der Waals surface area contributed by atoms with E-state index in [1.54, 1.807) is 32.4 Å². The first-order chi connectivity index (χ1) is 11.6. The Hall–Kier alpha value is -2.24. The van der Waals surface area contributed by atoms with Crippen molar-refractivity contribution in [2.75, 3.05) is 27.3 Å². The number of amides is 2. The first-order valence-corrected chi connectivity index (χ1v) is 8.44. The van der Waals surface area contributed by atoms with Crippen LogP contribution in [0.2, 0.25) is 0 Å². The minimum absolute atomic E-state index is 0.0278. The van der Waals surface area contributed by atoms with Crippen molar-refractivity contribution in [2.45, 2.75) is 31.7 Å². The molecule has 0 atom stereocenters. The van der Waals surface area contributed by atoms with Crippen LogP contribution in [0.3, 0.4) is 0 Å². The van der Waals surface area contributed by atoms with Gasteiger partial charge in [-0.2, -0.15) is 0 Å². The molecule has 0 spiro atoms. The molecular weight excluding hydrogens is 308 g/mol. The lowest BCUT2D eigenvalue weighted by Gasteiger charge is -2.31. The number of carbonyl (C=O) groups excluding carboxylic acids is 2. The third-order valence-electron chi connectivity index (χ3n) is 4.71. The van der Waals surface area contributed by atoms with E-state index in [9.17, 15) is 9.59 Å². The number of nitrogens with zero attached hydrogens (tertiary/aromatic N) is 1. The van der Waals surface area contributed by atoms with Gasteiger partial charge in [0.15, 0.2) is 11.5 Å². The van der Waals surface area contributed by atoms with Gasteiger partial charge in [0.25, 0.3) is 5.91 Å². The molecule has 1 aliphatic carbocycles. The molecule has 24 heavy (non-hydrogen) atoms. The molecule has 0 bridgehead atoms. The SMILES string of the molecule is COc1ccc(C(=O)N2CCC(C(=O)NC3CC3)CC2)cc1OC. The number of likely N-dealkylation sites (tertiary alicyclic amines) is 1. The molecule has 0 radical (unpaired) electrons. The Morgan fingerprint density at radius 2 is 1.71 bits per heavy atom. The summed E-state index contributed by atoms with van der Waals surface area (Å²) in [5, 5.41) is 3.05. The quantitative estimate of drug-likeness (QED) is 0.893. The average Bonchev–Trinajstić information content (AvgIpc) is 3.44. The van der Waals surface area contributed by atoms with Crippen molar-refractivity contribution in [3.63, 3.8) is 0 Å². The highest BCUT2D eigenvalue weighted by molar-refractivity contribution is 5.95. The molecule has 0 unspecified atom stereocenters. The molecule has 1 aromatic carbocycles. The maximum absolute atomic E-state index is 12.7. The standard InChI is InChI=1S/C18H24N2O4/c1-23-15-6-3-13(11-16(15)24-2)18(22)20-9-7-12(8-10-20)17(21)19-14-4-5-14/h3,6,11-12,14H,4-5,7-10H2,1-2H3,(H,19,21). The summed E-state index contributed by atoms with van der Waals surface area (Å²) in [6, 6.07) is 5.58. The van der Waals surface area contributed by atoms with E-state index >= 15 is 0 Å². The first-order valence-electron chi connectivity index (χ1n) is 8.44. The molecule has 6 heteroatoms. The van der Waals surface area contributed by atoms with Gasteiger partial charge in [0.1, 0.15) is 0 Å². The van der Waals surface area contributed by atoms with Crippen LogP contribution in [-0.4, -0.2) is 50.1 Å². The van der Waals surface area contributed by atoms with Crippen LogP contribution in [0, 0.1) is 5.92 Å². The molecule has 1 aliphatic heterocycles. The molecule has 3 rings (SSSR count). The lowest BCUT2D eigenvalue weighted by molar-refractivity contribution is -0.126. The number of carbonyl (C=O) groups is 2. The Balaban J connectivity index is 1.59. The van der Waals surface area contributed by atoms with Crippen LogP contribution in [0.15, 0.2) is 18.2 Å². The predicted molar refractivity (Wildman–Crippen MR) is 89.3 cm³/mol. The molecule has 0 aromatic heterocycles. The molecule has 2 amide bonds. The second kappa shape index (κ2) is 7.11. The lowest BCUT2D eigenvalue weighted by atomic mass is 9.95. The highest BCUT2D eigenvalue weighted by Crippen LogP contribution is 2.29. The summed E-state index contributed by atoms with van der Waals surface area (Å²) in [7, 11) is 3.12. The number of ether oxygens (including phenoxy) is 2. The Kier molecular flexibility index (Phi) is 4.92. The van der Waals surface area contributed by atoms with Gasteiger partial charge in [0.2, 0.25) is 5.91 Å². The summed E-state index contributed by atoms with van der Waals surface area (Å²) in [4.78, 5) is 26.6. The van der Waals surface area contributed by atoms with Crippen molar-refractivity contribution in [1.82, 2.24) is 10.2 Å². The lowest BCUT2D eigenvalue weighted by Crippen LogP contribution is -2.43. The topological polar surface area (TPSA) is 67.9 Å². The fourth-order valence-electron chi connectivity index (χ4n) is 3.04.